The lowest BCUT2D eigenvalue weighted by molar-refractivity contribution is 0.102. The molecule has 0 N–H and O–H groups in total. The molecule has 1 aliphatic rings. The molecular formula is C15H20OS. The molecule has 0 spiro atoms. The second-order valence-electron chi connectivity index (χ2n) is 4.90. The average molecular weight is 248 g/mol. The molecule has 92 valence electrons. The summed E-state index contributed by atoms with van der Waals surface area (Å²) >= 11 is 1.81. The fraction of sp³-hybridized carbons (Fsp3) is 0.533. The maximum absolute atomic E-state index is 12.0. The molecule has 0 aliphatic heterocycles. The molecule has 0 saturated heterocycles. The number of aryl methyl sites for hydroxylation is 1. The quantitative estimate of drug-likeness (QED) is 0.730. The molecule has 0 aromatic heterocycles. The van der Waals surface area contributed by atoms with Crippen LogP contribution in [-0.4, -0.2) is 17.3 Å². The van der Waals surface area contributed by atoms with E-state index in [1.165, 1.54) is 25.7 Å². The molecule has 0 amide bonds. The third kappa shape index (κ3) is 3.60. The van der Waals surface area contributed by atoms with Crippen LogP contribution in [0.4, 0.5) is 0 Å². The van der Waals surface area contributed by atoms with Gasteiger partial charge in [0.25, 0.3) is 0 Å². The number of hydrogen-bond acceptors (Lipinski definition) is 2. The number of Topliss-reactive ketones (excluding diaryl/α,β-unsaturated/α-hetero) is 1. The van der Waals surface area contributed by atoms with Gasteiger partial charge in [0.2, 0.25) is 0 Å². The van der Waals surface area contributed by atoms with Gasteiger partial charge in [-0.25, -0.2) is 0 Å². The normalized spacial score (nSPS) is 16.3. The van der Waals surface area contributed by atoms with E-state index in [1.807, 2.05) is 43.0 Å². The molecule has 2 heteroatoms. The Labute approximate surface area is 108 Å². The van der Waals surface area contributed by atoms with Crippen molar-refractivity contribution in [1.29, 1.82) is 0 Å². The Morgan fingerprint density at radius 3 is 2.71 bits per heavy atom. The van der Waals surface area contributed by atoms with Gasteiger partial charge < -0.3 is 0 Å². The highest BCUT2D eigenvalue weighted by Gasteiger charge is 2.16. The standard InChI is InChI=1S/C15H20OS/c1-12-6-2-5-9-14(12)15(16)11-17-10-13-7-3-4-8-13/h2,5-6,9,13H,3-4,7-8,10-11H2,1H3. The molecule has 0 unspecified atom stereocenters. The SMILES string of the molecule is Cc1ccccc1C(=O)CSCC1CCCC1. The highest BCUT2D eigenvalue weighted by molar-refractivity contribution is 7.99. The molecule has 1 aromatic carbocycles. The van der Waals surface area contributed by atoms with E-state index in [0.717, 1.165) is 22.8 Å². The average Bonchev–Trinajstić information content (AvgIpc) is 2.82. The first kappa shape index (κ1) is 12.7. The molecule has 17 heavy (non-hydrogen) atoms. The van der Waals surface area contributed by atoms with Crippen molar-refractivity contribution in [2.45, 2.75) is 32.6 Å². The molecule has 0 heterocycles. The highest BCUT2D eigenvalue weighted by atomic mass is 32.2. The van der Waals surface area contributed by atoms with E-state index in [-0.39, 0.29) is 5.78 Å². The van der Waals surface area contributed by atoms with Crippen LogP contribution in [0.2, 0.25) is 0 Å². The van der Waals surface area contributed by atoms with Gasteiger partial charge in [-0.15, -0.1) is 0 Å². The van der Waals surface area contributed by atoms with E-state index in [1.54, 1.807) is 0 Å². The first-order valence-electron chi connectivity index (χ1n) is 6.44. The third-order valence-electron chi connectivity index (χ3n) is 3.51. The summed E-state index contributed by atoms with van der Waals surface area (Å²) in [6, 6.07) is 7.88. The molecular weight excluding hydrogens is 228 g/mol. The molecule has 0 radical (unpaired) electrons. The Balaban J connectivity index is 1.79. The summed E-state index contributed by atoms with van der Waals surface area (Å²) in [5.41, 5.74) is 1.99. The second-order valence-corrected chi connectivity index (χ2v) is 5.93. The zero-order valence-electron chi connectivity index (χ0n) is 10.4. The Hall–Kier alpha value is -0.760. The van der Waals surface area contributed by atoms with Crippen molar-refractivity contribution >= 4 is 17.5 Å². The van der Waals surface area contributed by atoms with Crippen molar-refractivity contribution in [3.63, 3.8) is 0 Å². The second kappa shape index (κ2) is 6.25. The summed E-state index contributed by atoms with van der Waals surface area (Å²) in [4.78, 5) is 12.0. The Morgan fingerprint density at radius 1 is 1.29 bits per heavy atom. The van der Waals surface area contributed by atoms with Gasteiger partial charge in [-0.05, 0) is 37.0 Å². The number of ketones is 1. The number of hydrogen-bond donors (Lipinski definition) is 0. The van der Waals surface area contributed by atoms with E-state index >= 15 is 0 Å². The zero-order valence-corrected chi connectivity index (χ0v) is 11.3. The summed E-state index contributed by atoms with van der Waals surface area (Å²) in [6.07, 6.45) is 5.51. The van der Waals surface area contributed by atoms with E-state index < -0.39 is 0 Å². The van der Waals surface area contributed by atoms with Crippen LogP contribution in [0.15, 0.2) is 24.3 Å². The van der Waals surface area contributed by atoms with E-state index in [2.05, 4.69) is 0 Å². The minimum atomic E-state index is 0.283. The molecule has 1 saturated carbocycles. The van der Waals surface area contributed by atoms with Gasteiger partial charge in [0.05, 0.1) is 5.75 Å². The fourth-order valence-corrected chi connectivity index (χ4v) is 3.58. The van der Waals surface area contributed by atoms with Gasteiger partial charge >= 0.3 is 0 Å². The van der Waals surface area contributed by atoms with Crippen molar-refractivity contribution in [3.8, 4) is 0 Å². The van der Waals surface area contributed by atoms with Gasteiger partial charge in [-0.1, -0.05) is 37.1 Å². The smallest absolute Gasteiger partial charge is 0.172 e. The van der Waals surface area contributed by atoms with Crippen LogP contribution in [0.1, 0.15) is 41.6 Å². The molecule has 0 bridgehead atoms. The molecule has 2 rings (SSSR count). The van der Waals surface area contributed by atoms with Crippen molar-refractivity contribution in [2.24, 2.45) is 5.92 Å². The van der Waals surface area contributed by atoms with Crippen LogP contribution >= 0.6 is 11.8 Å². The summed E-state index contributed by atoms with van der Waals surface area (Å²) in [5, 5.41) is 0. The number of rotatable bonds is 5. The van der Waals surface area contributed by atoms with Crippen LogP contribution in [0, 0.1) is 12.8 Å². The molecule has 1 aromatic rings. The predicted octanol–water partition coefficient (Wildman–Crippen LogP) is 4.10. The highest BCUT2D eigenvalue weighted by Crippen LogP contribution is 2.28. The maximum atomic E-state index is 12.0. The van der Waals surface area contributed by atoms with Crippen LogP contribution in [0.3, 0.4) is 0 Å². The lowest BCUT2D eigenvalue weighted by atomic mass is 10.1. The Bertz CT molecular complexity index is 380. The van der Waals surface area contributed by atoms with Crippen molar-refractivity contribution in [3.05, 3.63) is 35.4 Å². The summed E-state index contributed by atoms with van der Waals surface area (Å²) < 4.78 is 0. The topological polar surface area (TPSA) is 17.1 Å². The Morgan fingerprint density at radius 2 is 2.00 bits per heavy atom. The van der Waals surface area contributed by atoms with E-state index in [0.29, 0.717) is 5.75 Å². The maximum Gasteiger partial charge on any atom is 0.172 e. The van der Waals surface area contributed by atoms with E-state index in [4.69, 9.17) is 0 Å². The molecule has 1 aliphatic carbocycles. The third-order valence-corrected chi connectivity index (χ3v) is 4.68. The monoisotopic (exact) mass is 248 g/mol. The van der Waals surface area contributed by atoms with Gasteiger partial charge in [-0.2, -0.15) is 11.8 Å². The van der Waals surface area contributed by atoms with Crippen molar-refractivity contribution in [1.82, 2.24) is 0 Å². The van der Waals surface area contributed by atoms with Crippen LogP contribution in [0.5, 0.6) is 0 Å². The molecule has 1 nitrogen and oxygen atoms in total. The van der Waals surface area contributed by atoms with Crippen LogP contribution in [-0.2, 0) is 0 Å². The zero-order chi connectivity index (χ0) is 12.1. The first-order valence-corrected chi connectivity index (χ1v) is 7.59. The lowest BCUT2D eigenvalue weighted by Crippen LogP contribution is -2.07. The van der Waals surface area contributed by atoms with Crippen molar-refractivity contribution in [2.75, 3.05) is 11.5 Å². The predicted molar refractivity (Wildman–Crippen MR) is 74.8 cm³/mol. The van der Waals surface area contributed by atoms with Gasteiger partial charge in [0.1, 0.15) is 0 Å². The summed E-state index contributed by atoms with van der Waals surface area (Å²) in [7, 11) is 0. The van der Waals surface area contributed by atoms with Gasteiger partial charge in [0, 0.05) is 5.56 Å². The lowest BCUT2D eigenvalue weighted by Gasteiger charge is -2.08. The first-order chi connectivity index (χ1) is 8.27. The van der Waals surface area contributed by atoms with E-state index in [9.17, 15) is 4.79 Å². The minimum Gasteiger partial charge on any atom is -0.293 e. The summed E-state index contributed by atoms with van der Waals surface area (Å²) in [6.45, 7) is 2.01. The van der Waals surface area contributed by atoms with Gasteiger partial charge in [0.15, 0.2) is 5.78 Å². The number of benzene rings is 1. The largest absolute Gasteiger partial charge is 0.293 e. The van der Waals surface area contributed by atoms with Gasteiger partial charge in [-0.3, -0.25) is 4.79 Å². The van der Waals surface area contributed by atoms with Crippen molar-refractivity contribution < 1.29 is 4.79 Å². The molecule has 0 atom stereocenters. The molecule has 1 fully saturated rings. The minimum absolute atomic E-state index is 0.283. The van der Waals surface area contributed by atoms with Crippen LogP contribution in [0.25, 0.3) is 0 Å². The number of carbonyl (C=O) groups is 1. The van der Waals surface area contributed by atoms with Crippen LogP contribution < -0.4 is 0 Å². The number of carbonyl (C=O) groups excluding carboxylic acids is 1. The number of thioether (sulfide) groups is 1. The Kier molecular flexibility index (Phi) is 4.66. The summed E-state index contributed by atoms with van der Waals surface area (Å²) in [5.74, 6) is 2.95. The fourth-order valence-electron chi connectivity index (χ4n) is 2.46.